The highest BCUT2D eigenvalue weighted by atomic mass is 79.9. The molecule has 2 nitrogen and oxygen atoms in total. The average molecular weight is 285 g/mol. The maximum Gasteiger partial charge on any atom is 0.126 e. The summed E-state index contributed by atoms with van der Waals surface area (Å²) in [5, 5.41) is 3.48. The lowest BCUT2D eigenvalue weighted by atomic mass is 9.95. The largest absolute Gasteiger partial charge is 0.367 e. The van der Waals surface area contributed by atoms with Crippen LogP contribution in [0.2, 0.25) is 0 Å². The molecule has 0 aliphatic rings. The molecule has 0 aliphatic carbocycles. The van der Waals surface area contributed by atoms with Gasteiger partial charge in [0.15, 0.2) is 0 Å². The van der Waals surface area contributed by atoms with Crippen molar-refractivity contribution in [2.24, 2.45) is 5.92 Å². The van der Waals surface area contributed by atoms with Crippen LogP contribution in [0.3, 0.4) is 0 Å². The Labute approximate surface area is 107 Å². The zero-order valence-electron chi connectivity index (χ0n) is 10.5. The van der Waals surface area contributed by atoms with Crippen LogP contribution in [-0.4, -0.2) is 11.0 Å². The molecule has 0 radical (unpaired) electrons. The number of rotatable bonds is 5. The highest BCUT2D eigenvalue weighted by molar-refractivity contribution is 9.10. The van der Waals surface area contributed by atoms with Crippen LogP contribution in [0.5, 0.6) is 0 Å². The molecule has 1 atom stereocenters. The van der Waals surface area contributed by atoms with Crippen LogP contribution in [-0.2, 0) is 0 Å². The summed E-state index contributed by atoms with van der Waals surface area (Å²) in [7, 11) is 0. The molecule has 0 aromatic carbocycles. The molecule has 0 amide bonds. The van der Waals surface area contributed by atoms with E-state index in [0.717, 1.165) is 16.0 Å². The molecule has 0 fully saturated rings. The van der Waals surface area contributed by atoms with Gasteiger partial charge in [0.25, 0.3) is 0 Å². The monoisotopic (exact) mass is 284 g/mol. The first-order valence-corrected chi connectivity index (χ1v) is 6.77. The van der Waals surface area contributed by atoms with Crippen LogP contribution in [0.4, 0.5) is 5.82 Å². The second kappa shape index (κ2) is 6.24. The van der Waals surface area contributed by atoms with Crippen molar-refractivity contribution in [3.8, 4) is 0 Å². The molecule has 0 bridgehead atoms. The smallest absolute Gasteiger partial charge is 0.126 e. The van der Waals surface area contributed by atoms with E-state index in [2.05, 4.69) is 47.0 Å². The molecule has 1 N–H and O–H groups in total. The Hall–Kier alpha value is -0.570. The van der Waals surface area contributed by atoms with Gasteiger partial charge in [-0.3, -0.25) is 0 Å². The number of nitrogens with one attached hydrogen (secondary N) is 1. The van der Waals surface area contributed by atoms with Crippen LogP contribution in [0.25, 0.3) is 0 Å². The summed E-state index contributed by atoms with van der Waals surface area (Å²) in [6.07, 6.45) is 2.42. The Balaban J connectivity index is 2.69. The number of pyridine rings is 1. The third kappa shape index (κ3) is 3.48. The molecule has 0 saturated heterocycles. The number of hydrogen-bond acceptors (Lipinski definition) is 2. The number of aryl methyl sites for hydroxylation is 1. The highest BCUT2D eigenvalue weighted by Crippen LogP contribution is 2.20. The Morgan fingerprint density at radius 2 is 1.94 bits per heavy atom. The average Bonchev–Trinajstić information content (AvgIpc) is 2.25. The van der Waals surface area contributed by atoms with Crippen molar-refractivity contribution in [3.05, 3.63) is 22.3 Å². The molecule has 1 unspecified atom stereocenters. The normalized spacial score (nSPS) is 12.9. The summed E-state index contributed by atoms with van der Waals surface area (Å²) in [6, 6.07) is 4.54. The van der Waals surface area contributed by atoms with Crippen LogP contribution >= 0.6 is 15.9 Å². The standard InChI is InChI=1S/C13H21BrN2/c1-5-11(6-2)9(3)15-13-8-7-12(14)10(4)16-13/h7-9,11H,5-6H2,1-4H3,(H,15,16). The van der Waals surface area contributed by atoms with Crippen LogP contribution in [0.15, 0.2) is 16.6 Å². The number of hydrogen-bond donors (Lipinski definition) is 1. The van der Waals surface area contributed by atoms with E-state index < -0.39 is 0 Å². The fourth-order valence-electron chi connectivity index (χ4n) is 1.97. The zero-order valence-corrected chi connectivity index (χ0v) is 12.1. The fraction of sp³-hybridized carbons (Fsp3) is 0.615. The molecule has 1 rings (SSSR count). The molecule has 0 saturated carbocycles. The summed E-state index contributed by atoms with van der Waals surface area (Å²) < 4.78 is 1.06. The second-order valence-corrected chi connectivity index (χ2v) is 5.13. The van der Waals surface area contributed by atoms with Gasteiger partial charge >= 0.3 is 0 Å². The van der Waals surface area contributed by atoms with Gasteiger partial charge in [0.2, 0.25) is 0 Å². The summed E-state index contributed by atoms with van der Waals surface area (Å²) in [6.45, 7) is 8.73. The molecule has 1 aromatic rings. The number of aromatic nitrogens is 1. The van der Waals surface area contributed by atoms with Crippen molar-refractivity contribution in [2.75, 3.05) is 5.32 Å². The van der Waals surface area contributed by atoms with E-state index >= 15 is 0 Å². The summed E-state index contributed by atoms with van der Waals surface area (Å²) >= 11 is 3.46. The van der Waals surface area contributed by atoms with Gasteiger partial charge < -0.3 is 5.32 Å². The van der Waals surface area contributed by atoms with Crippen LogP contribution in [0.1, 0.15) is 39.3 Å². The first kappa shape index (κ1) is 13.5. The lowest BCUT2D eigenvalue weighted by Crippen LogP contribution is -2.25. The predicted molar refractivity (Wildman–Crippen MR) is 73.8 cm³/mol. The van der Waals surface area contributed by atoms with Gasteiger partial charge in [0.05, 0.1) is 5.69 Å². The zero-order chi connectivity index (χ0) is 12.1. The third-order valence-corrected chi connectivity index (χ3v) is 3.99. The van der Waals surface area contributed by atoms with Gasteiger partial charge in [-0.1, -0.05) is 26.7 Å². The van der Waals surface area contributed by atoms with Gasteiger partial charge in [-0.05, 0) is 47.8 Å². The van der Waals surface area contributed by atoms with E-state index in [1.807, 2.05) is 19.1 Å². The number of nitrogens with zero attached hydrogens (tertiary/aromatic N) is 1. The minimum atomic E-state index is 0.475. The predicted octanol–water partition coefficient (Wildman–Crippen LogP) is 4.39. The van der Waals surface area contributed by atoms with E-state index in [1.54, 1.807) is 0 Å². The first-order chi connectivity index (χ1) is 7.58. The number of anilines is 1. The quantitative estimate of drug-likeness (QED) is 0.868. The SMILES string of the molecule is CCC(CC)C(C)Nc1ccc(Br)c(C)n1. The van der Waals surface area contributed by atoms with Gasteiger partial charge in [-0.25, -0.2) is 4.98 Å². The third-order valence-electron chi connectivity index (χ3n) is 3.15. The van der Waals surface area contributed by atoms with Crippen molar-refractivity contribution in [3.63, 3.8) is 0 Å². The summed E-state index contributed by atoms with van der Waals surface area (Å²) in [5.74, 6) is 1.69. The molecule has 1 aromatic heterocycles. The van der Waals surface area contributed by atoms with Crippen molar-refractivity contribution < 1.29 is 0 Å². The summed E-state index contributed by atoms with van der Waals surface area (Å²) in [5.41, 5.74) is 1.03. The van der Waals surface area contributed by atoms with Crippen molar-refractivity contribution >= 4 is 21.7 Å². The van der Waals surface area contributed by atoms with Gasteiger partial charge in [0.1, 0.15) is 5.82 Å². The van der Waals surface area contributed by atoms with Gasteiger partial charge in [0, 0.05) is 10.5 Å². The molecule has 16 heavy (non-hydrogen) atoms. The van der Waals surface area contributed by atoms with E-state index in [9.17, 15) is 0 Å². The Morgan fingerprint density at radius 1 is 1.31 bits per heavy atom. The first-order valence-electron chi connectivity index (χ1n) is 5.98. The molecular formula is C13H21BrN2. The maximum absolute atomic E-state index is 4.51. The Bertz CT molecular complexity index is 335. The van der Waals surface area contributed by atoms with Gasteiger partial charge in [-0.15, -0.1) is 0 Å². The minimum absolute atomic E-state index is 0.475. The van der Waals surface area contributed by atoms with Crippen molar-refractivity contribution in [1.29, 1.82) is 0 Å². The maximum atomic E-state index is 4.51. The number of halogens is 1. The topological polar surface area (TPSA) is 24.9 Å². The molecular weight excluding hydrogens is 264 g/mol. The molecule has 0 spiro atoms. The van der Waals surface area contributed by atoms with Crippen LogP contribution in [0, 0.1) is 12.8 Å². The Morgan fingerprint density at radius 3 is 2.44 bits per heavy atom. The van der Waals surface area contributed by atoms with Crippen molar-refractivity contribution in [2.45, 2.75) is 46.6 Å². The second-order valence-electron chi connectivity index (χ2n) is 4.27. The Kier molecular flexibility index (Phi) is 5.26. The van der Waals surface area contributed by atoms with E-state index in [-0.39, 0.29) is 0 Å². The van der Waals surface area contributed by atoms with E-state index in [4.69, 9.17) is 0 Å². The van der Waals surface area contributed by atoms with Crippen molar-refractivity contribution in [1.82, 2.24) is 4.98 Å². The summed E-state index contributed by atoms with van der Waals surface area (Å²) in [4.78, 5) is 4.51. The van der Waals surface area contributed by atoms with E-state index in [0.29, 0.717) is 12.0 Å². The fourth-order valence-corrected chi connectivity index (χ4v) is 2.19. The van der Waals surface area contributed by atoms with Gasteiger partial charge in [-0.2, -0.15) is 0 Å². The lowest BCUT2D eigenvalue weighted by molar-refractivity contribution is 0.437. The minimum Gasteiger partial charge on any atom is -0.367 e. The molecule has 1 heterocycles. The van der Waals surface area contributed by atoms with E-state index in [1.165, 1.54) is 12.8 Å². The molecule has 90 valence electrons. The lowest BCUT2D eigenvalue weighted by Gasteiger charge is -2.23. The molecule has 0 aliphatic heterocycles. The molecule has 3 heteroatoms. The highest BCUT2D eigenvalue weighted by Gasteiger charge is 2.13. The van der Waals surface area contributed by atoms with Crippen LogP contribution < -0.4 is 5.32 Å².